The third-order valence-corrected chi connectivity index (χ3v) is 2.77. The normalized spacial score (nSPS) is 10.5. The van der Waals surface area contributed by atoms with E-state index in [1.54, 1.807) is 10.6 Å². The van der Waals surface area contributed by atoms with Crippen LogP contribution in [0.25, 0.3) is 0 Å². The first kappa shape index (κ1) is 9.85. The Labute approximate surface area is 90.3 Å². The molecule has 5 nitrogen and oxygen atoms in total. The Kier molecular flexibility index (Phi) is 2.51. The molecule has 0 unspecified atom stereocenters. The quantitative estimate of drug-likeness (QED) is 0.809. The predicted molar refractivity (Wildman–Crippen MR) is 58.9 cm³/mol. The summed E-state index contributed by atoms with van der Waals surface area (Å²) >= 11 is 1.27. The van der Waals surface area contributed by atoms with Crippen LogP contribution in [0.1, 0.15) is 11.4 Å². The van der Waals surface area contributed by atoms with Crippen LogP contribution in [-0.2, 0) is 6.54 Å². The number of rotatable bonds is 2. The molecule has 0 amide bonds. The van der Waals surface area contributed by atoms with E-state index in [-0.39, 0.29) is 5.56 Å². The molecule has 0 saturated heterocycles. The zero-order valence-corrected chi connectivity index (χ0v) is 8.99. The van der Waals surface area contributed by atoms with Crippen LogP contribution >= 0.6 is 11.5 Å². The molecule has 0 fully saturated rings. The van der Waals surface area contributed by atoms with Gasteiger partial charge in [0.2, 0.25) is 0 Å². The van der Waals surface area contributed by atoms with Crippen LogP contribution in [0.5, 0.6) is 0 Å². The molecule has 0 aromatic carbocycles. The van der Waals surface area contributed by atoms with E-state index in [9.17, 15) is 4.79 Å². The van der Waals surface area contributed by atoms with E-state index in [2.05, 4.69) is 9.59 Å². The van der Waals surface area contributed by atoms with E-state index in [1.807, 2.05) is 12.3 Å². The first-order valence-corrected chi connectivity index (χ1v) is 5.24. The second-order valence-electron chi connectivity index (χ2n) is 3.19. The second-order valence-corrected chi connectivity index (χ2v) is 3.80. The highest BCUT2D eigenvalue weighted by atomic mass is 32.1. The highest BCUT2D eigenvalue weighted by Crippen LogP contribution is 2.08. The smallest absolute Gasteiger partial charge is 0.251 e. The number of nitrogens with zero attached hydrogens (tertiary/aromatic N) is 3. The van der Waals surface area contributed by atoms with Crippen LogP contribution in [-0.4, -0.2) is 14.2 Å². The van der Waals surface area contributed by atoms with Crippen LogP contribution in [0.3, 0.4) is 0 Å². The summed E-state index contributed by atoms with van der Waals surface area (Å²) in [6.45, 7) is 2.24. The van der Waals surface area contributed by atoms with E-state index in [0.717, 1.165) is 11.4 Å². The maximum atomic E-state index is 11.6. The fourth-order valence-electron chi connectivity index (χ4n) is 1.30. The van der Waals surface area contributed by atoms with Crippen molar-refractivity contribution >= 4 is 17.2 Å². The molecule has 2 rings (SSSR count). The first-order valence-electron chi connectivity index (χ1n) is 4.40. The Morgan fingerprint density at radius 2 is 2.33 bits per heavy atom. The Morgan fingerprint density at radius 3 is 3.00 bits per heavy atom. The molecule has 0 aliphatic carbocycles. The minimum atomic E-state index is -0.0744. The number of nitrogen functional groups attached to an aromatic ring is 1. The molecule has 0 saturated carbocycles. The van der Waals surface area contributed by atoms with Gasteiger partial charge in [-0.25, -0.2) is 0 Å². The molecular weight excluding hydrogens is 212 g/mol. The summed E-state index contributed by atoms with van der Waals surface area (Å²) in [4.78, 5) is 11.6. The molecule has 0 aliphatic rings. The maximum Gasteiger partial charge on any atom is 0.251 e. The van der Waals surface area contributed by atoms with Crippen molar-refractivity contribution in [2.75, 3.05) is 5.73 Å². The number of anilines is 1. The third kappa shape index (κ3) is 1.89. The summed E-state index contributed by atoms with van der Waals surface area (Å²) in [7, 11) is 0. The lowest BCUT2D eigenvalue weighted by atomic mass is 10.3. The van der Waals surface area contributed by atoms with Gasteiger partial charge in [-0.05, 0) is 24.5 Å². The molecule has 6 heteroatoms. The van der Waals surface area contributed by atoms with Crippen molar-refractivity contribution in [1.82, 2.24) is 14.2 Å². The van der Waals surface area contributed by atoms with Crippen molar-refractivity contribution in [1.29, 1.82) is 0 Å². The predicted octanol–water partition coefficient (Wildman–Crippen LogP) is 0.639. The zero-order chi connectivity index (χ0) is 10.8. The van der Waals surface area contributed by atoms with Crippen LogP contribution in [0.15, 0.2) is 22.3 Å². The zero-order valence-electron chi connectivity index (χ0n) is 8.17. The van der Waals surface area contributed by atoms with E-state index in [1.165, 1.54) is 17.6 Å². The molecule has 0 radical (unpaired) electrons. The minimum absolute atomic E-state index is 0.0744. The molecule has 0 aliphatic heterocycles. The number of aromatic nitrogens is 3. The number of nitrogens with two attached hydrogens (primary N) is 1. The van der Waals surface area contributed by atoms with Gasteiger partial charge in [-0.3, -0.25) is 4.79 Å². The van der Waals surface area contributed by atoms with Gasteiger partial charge >= 0.3 is 0 Å². The van der Waals surface area contributed by atoms with Gasteiger partial charge in [0.1, 0.15) is 0 Å². The SMILES string of the molecule is Cc1c(N)ccc(=O)n1Cc1csnn1. The number of hydrogen-bond acceptors (Lipinski definition) is 5. The molecule has 2 aromatic rings. The van der Waals surface area contributed by atoms with E-state index in [4.69, 9.17) is 5.73 Å². The van der Waals surface area contributed by atoms with Gasteiger partial charge < -0.3 is 10.3 Å². The molecule has 78 valence electrons. The standard InChI is InChI=1S/C9H10N4OS/c1-6-8(10)2-3-9(14)13(6)4-7-5-15-12-11-7/h2-3,5H,4,10H2,1H3. The van der Waals surface area contributed by atoms with Crippen molar-refractivity contribution in [3.05, 3.63) is 39.3 Å². The van der Waals surface area contributed by atoms with Crippen molar-refractivity contribution in [3.8, 4) is 0 Å². The Morgan fingerprint density at radius 1 is 1.53 bits per heavy atom. The van der Waals surface area contributed by atoms with Crippen LogP contribution in [0.4, 0.5) is 5.69 Å². The topological polar surface area (TPSA) is 73.8 Å². The van der Waals surface area contributed by atoms with Crippen LogP contribution in [0, 0.1) is 6.92 Å². The Bertz CT molecular complexity index is 517. The second kappa shape index (κ2) is 3.82. The van der Waals surface area contributed by atoms with Crippen LogP contribution in [0.2, 0.25) is 0 Å². The van der Waals surface area contributed by atoms with E-state index < -0.39 is 0 Å². The lowest BCUT2D eigenvalue weighted by Gasteiger charge is -2.09. The van der Waals surface area contributed by atoms with Crippen molar-refractivity contribution in [3.63, 3.8) is 0 Å². The largest absolute Gasteiger partial charge is 0.397 e. The molecule has 15 heavy (non-hydrogen) atoms. The van der Waals surface area contributed by atoms with Gasteiger partial charge in [-0.1, -0.05) is 4.49 Å². The molecule has 2 N–H and O–H groups in total. The van der Waals surface area contributed by atoms with Crippen molar-refractivity contribution < 1.29 is 0 Å². The molecule has 2 aromatic heterocycles. The molecule has 0 atom stereocenters. The Balaban J connectivity index is 2.44. The third-order valence-electron chi connectivity index (χ3n) is 2.22. The molecule has 2 heterocycles. The lowest BCUT2D eigenvalue weighted by molar-refractivity contribution is 0.712. The van der Waals surface area contributed by atoms with Gasteiger partial charge in [0.15, 0.2) is 0 Å². The summed E-state index contributed by atoms with van der Waals surface area (Å²) in [5, 5.41) is 5.71. The van der Waals surface area contributed by atoms with Gasteiger partial charge in [0.05, 0.1) is 17.9 Å². The molecule has 0 spiro atoms. The van der Waals surface area contributed by atoms with Gasteiger partial charge in [0, 0.05) is 17.1 Å². The molecular formula is C9H10N4OS. The summed E-state index contributed by atoms with van der Waals surface area (Å²) in [6, 6.07) is 3.08. The lowest BCUT2D eigenvalue weighted by Crippen LogP contribution is -2.23. The Hall–Kier alpha value is -1.69. The average molecular weight is 222 g/mol. The monoisotopic (exact) mass is 222 g/mol. The average Bonchev–Trinajstić information content (AvgIpc) is 2.71. The van der Waals surface area contributed by atoms with E-state index >= 15 is 0 Å². The fourth-order valence-corrected chi connectivity index (χ4v) is 1.75. The number of hydrogen-bond donors (Lipinski definition) is 1. The van der Waals surface area contributed by atoms with Crippen molar-refractivity contribution in [2.45, 2.75) is 13.5 Å². The molecule has 0 bridgehead atoms. The summed E-state index contributed by atoms with van der Waals surface area (Å²) < 4.78 is 5.33. The van der Waals surface area contributed by atoms with Crippen molar-refractivity contribution in [2.24, 2.45) is 0 Å². The first-order chi connectivity index (χ1) is 7.18. The summed E-state index contributed by atoms with van der Waals surface area (Å²) in [6.07, 6.45) is 0. The van der Waals surface area contributed by atoms with Crippen LogP contribution < -0.4 is 11.3 Å². The van der Waals surface area contributed by atoms with E-state index in [0.29, 0.717) is 12.2 Å². The highest BCUT2D eigenvalue weighted by Gasteiger charge is 2.05. The fraction of sp³-hybridized carbons (Fsp3) is 0.222. The summed E-state index contributed by atoms with van der Waals surface area (Å²) in [5.74, 6) is 0. The number of pyridine rings is 1. The van der Waals surface area contributed by atoms with Gasteiger partial charge in [-0.15, -0.1) is 5.10 Å². The van der Waals surface area contributed by atoms with Gasteiger partial charge in [0.25, 0.3) is 5.56 Å². The summed E-state index contributed by atoms with van der Waals surface area (Å²) in [5.41, 5.74) is 7.79. The minimum Gasteiger partial charge on any atom is -0.397 e. The highest BCUT2D eigenvalue weighted by molar-refractivity contribution is 7.03. The van der Waals surface area contributed by atoms with Gasteiger partial charge in [-0.2, -0.15) is 0 Å². The maximum absolute atomic E-state index is 11.6.